The molecule has 3 aliphatic rings. The van der Waals surface area contributed by atoms with Crippen LogP contribution in [0.5, 0.6) is 0 Å². The first kappa shape index (κ1) is 31.2. The van der Waals surface area contributed by atoms with Crippen LogP contribution in [0, 0.1) is 11.7 Å². The first-order valence-corrected chi connectivity index (χ1v) is 13.3. The molecule has 0 spiro atoms. The lowest BCUT2D eigenvalue weighted by molar-refractivity contribution is -0.128. The van der Waals surface area contributed by atoms with E-state index in [4.69, 9.17) is 0 Å². The van der Waals surface area contributed by atoms with Gasteiger partial charge in [-0.25, -0.2) is 4.39 Å². The van der Waals surface area contributed by atoms with E-state index in [0.717, 1.165) is 42.3 Å². The normalized spacial score (nSPS) is 24.2. The number of carbonyl (C=O) groups is 2. The van der Waals surface area contributed by atoms with E-state index in [0.29, 0.717) is 38.4 Å². The van der Waals surface area contributed by atoms with Crippen molar-refractivity contribution in [3.8, 4) is 0 Å². The highest BCUT2D eigenvalue weighted by atomic mass is 35.5. The summed E-state index contributed by atoms with van der Waals surface area (Å²) in [4.78, 5) is 32.2. The topological polar surface area (TPSA) is 81.7 Å². The molecule has 2 amide bonds. The Morgan fingerprint density at radius 1 is 1.13 bits per heavy atom. The van der Waals surface area contributed by atoms with Gasteiger partial charge in [-0.15, -0.1) is 24.8 Å². The molecule has 0 aliphatic carbocycles. The number of rotatable bonds is 6. The second-order valence-corrected chi connectivity index (χ2v) is 11.7. The van der Waals surface area contributed by atoms with Crippen LogP contribution in [0.25, 0.3) is 0 Å². The molecule has 214 valence electrons. The summed E-state index contributed by atoms with van der Waals surface area (Å²) in [7, 11) is 0. The number of piperazine rings is 1. The average molecular weight is 582 g/mol. The van der Waals surface area contributed by atoms with Gasteiger partial charge in [-0.05, 0) is 36.6 Å². The van der Waals surface area contributed by atoms with E-state index in [9.17, 15) is 14.0 Å². The molecule has 2 saturated heterocycles. The summed E-state index contributed by atoms with van der Waals surface area (Å²) in [6, 6.07) is 8.69. The van der Waals surface area contributed by atoms with Crippen LogP contribution in [0.4, 0.5) is 10.1 Å². The molecule has 8 nitrogen and oxygen atoms in total. The Morgan fingerprint density at radius 2 is 1.85 bits per heavy atom. The maximum atomic E-state index is 13.8. The van der Waals surface area contributed by atoms with Crippen molar-refractivity contribution < 1.29 is 14.0 Å². The molecule has 2 fully saturated rings. The highest BCUT2D eigenvalue weighted by Gasteiger charge is 2.41. The molecule has 11 heteroatoms. The summed E-state index contributed by atoms with van der Waals surface area (Å²) in [5, 5.41) is 12.5. The van der Waals surface area contributed by atoms with Crippen LogP contribution >= 0.6 is 24.8 Å². The Morgan fingerprint density at radius 3 is 2.51 bits per heavy atom. The summed E-state index contributed by atoms with van der Waals surface area (Å²) in [5.41, 5.74) is 3.02. The first-order valence-electron chi connectivity index (χ1n) is 13.3. The molecule has 3 aliphatic heterocycles. The number of nitrogens with one attached hydrogen (secondary N) is 1. The maximum absolute atomic E-state index is 13.8. The van der Waals surface area contributed by atoms with Gasteiger partial charge in [0.05, 0.1) is 23.6 Å². The number of aromatic nitrogens is 2. The van der Waals surface area contributed by atoms with Crippen molar-refractivity contribution in [1.29, 1.82) is 0 Å². The molecule has 0 radical (unpaired) electrons. The largest absolute Gasteiger partial charge is 0.341 e. The number of benzene rings is 1. The summed E-state index contributed by atoms with van der Waals surface area (Å²) in [5.74, 6) is 0.353. The van der Waals surface area contributed by atoms with Crippen LogP contribution in [0.3, 0.4) is 0 Å². The highest BCUT2D eigenvalue weighted by molar-refractivity contribution is 5.97. The van der Waals surface area contributed by atoms with Crippen molar-refractivity contribution in [3.63, 3.8) is 0 Å². The average Bonchev–Trinajstić information content (AvgIpc) is 3.30. The van der Waals surface area contributed by atoms with Gasteiger partial charge in [-0.1, -0.05) is 32.9 Å². The minimum atomic E-state index is -0.305. The lowest BCUT2D eigenvalue weighted by Crippen LogP contribution is -2.61. The number of amides is 2. The minimum Gasteiger partial charge on any atom is -0.341 e. The van der Waals surface area contributed by atoms with E-state index < -0.39 is 0 Å². The highest BCUT2D eigenvalue weighted by Crippen LogP contribution is 2.39. The van der Waals surface area contributed by atoms with E-state index in [-0.39, 0.29) is 59.9 Å². The molecule has 1 aromatic heterocycles. The summed E-state index contributed by atoms with van der Waals surface area (Å²) in [6.07, 6.45) is 1.12. The number of nitrogens with zero attached hydrogens (tertiary/aromatic N) is 5. The van der Waals surface area contributed by atoms with Gasteiger partial charge in [0.15, 0.2) is 0 Å². The summed E-state index contributed by atoms with van der Waals surface area (Å²) in [6.45, 7) is 12.2. The molecular formula is C28H39Cl2FN6O2. The maximum Gasteiger partial charge on any atom is 0.241 e. The fraction of sp³-hybridized carbons (Fsp3) is 0.571. The predicted octanol–water partition coefficient (Wildman–Crippen LogP) is 3.21. The van der Waals surface area contributed by atoms with Crippen LogP contribution in [0.2, 0.25) is 0 Å². The molecular weight excluding hydrogens is 542 g/mol. The molecule has 39 heavy (non-hydrogen) atoms. The number of fused-ring (bicyclic) bond motifs is 1. The van der Waals surface area contributed by atoms with Crippen LogP contribution < -0.4 is 10.2 Å². The van der Waals surface area contributed by atoms with E-state index in [1.54, 1.807) is 12.1 Å². The van der Waals surface area contributed by atoms with Crippen LogP contribution in [0.1, 0.15) is 51.1 Å². The number of carbonyl (C=O) groups excluding carboxylic acids is 2. The summed E-state index contributed by atoms with van der Waals surface area (Å²) < 4.78 is 13.3. The third kappa shape index (κ3) is 6.88. The molecule has 1 N–H and O–H groups in total. The van der Waals surface area contributed by atoms with Crippen molar-refractivity contribution in [2.75, 3.05) is 44.2 Å². The van der Waals surface area contributed by atoms with Gasteiger partial charge in [0, 0.05) is 63.1 Å². The van der Waals surface area contributed by atoms with E-state index in [2.05, 4.69) is 48.1 Å². The monoisotopic (exact) mass is 580 g/mol. The summed E-state index contributed by atoms with van der Waals surface area (Å²) >= 11 is 0. The Labute approximate surface area is 242 Å². The first-order chi connectivity index (χ1) is 17.6. The minimum absolute atomic E-state index is 0. The molecule has 3 atom stereocenters. The molecule has 0 bridgehead atoms. The lowest BCUT2D eigenvalue weighted by atomic mass is 9.91. The lowest BCUT2D eigenvalue weighted by Gasteiger charge is -2.41. The molecule has 1 aromatic carbocycles. The van der Waals surface area contributed by atoms with Crippen LogP contribution in [-0.4, -0.2) is 83.2 Å². The van der Waals surface area contributed by atoms with Crippen LogP contribution in [0.15, 0.2) is 30.3 Å². The predicted molar refractivity (Wildman–Crippen MR) is 154 cm³/mol. The SMILES string of the molecule is C[C@H]1CC(=O)N(C[C@H]2CN[C@H](C)CN2CC(=O)N2CC(C)(C)c3nnc(Cc4ccc(F)cc4)cc32)C1.Cl.Cl. The Kier molecular flexibility index (Phi) is 9.97. The third-order valence-corrected chi connectivity index (χ3v) is 7.81. The standard InChI is InChI=1S/C28H37FN6O2.2ClH/c1-18-9-25(36)34(13-18)15-23-12-30-19(2)14-33(23)16-26(37)35-17-28(3,4)27-24(35)11-22(31-32-27)10-20-5-7-21(29)8-6-20;;/h5-8,11,18-19,23,30H,9-10,12-17H2,1-4H3;2*1H/t18-,19+,23+;;/m0../s1. The van der Waals surface area contributed by atoms with Gasteiger partial charge in [0.25, 0.3) is 0 Å². The van der Waals surface area contributed by atoms with Gasteiger partial charge < -0.3 is 15.1 Å². The Balaban J connectivity index is 0.00000210. The van der Waals surface area contributed by atoms with Crippen molar-refractivity contribution >= 4 is 42.3 Å². The van der Waals surface area contributed by atoms with Gasteiger partial charge in [0.2, 0.25) is 11.8 Å². The van der Waals surface area contributed by atoms with E-state index in [1.807, 2.05) is 15.9 Å². The molecule has 0 saturated carbocycles. The van der Waals surface area contributed by atoms with Crippen molar-refractivity contribution in [2.45, 2.75) is 58.0 Å². The van der Waals surface area contributed by atoms with Crippen molar-refractivity contribution in [2.24, 2.45) is 5.92 Å². The fourth-order valence-electron chi connectivity index (χ4n) is 5.85. The number of halogens is 3. The number of hydrogen-bond acceptors (Lipinski definition) is 6. The fourth-order valence-corrected chi connectivity index (χ4v) is 5.85. The van der Waals surface area contributed by atoms with Crippen LogP contribution in [-0.2, 0) is 21.4 Å². The zero-order valence-electron chi connectivity index (χ0n) is 23.0. The van der Waals surface area contributed by atoms with Crippen molar-refractivity contribution in [3.05, 3.63) is 53.1 Å². The zero-order chi connectivity index (χ0) is 26.3. The van der Waals surface area contributed by atoms with Crippen molar-refractivity contribution in [1.82, 2.24) is 25.3 Å². The van der Waals surface area contributed by atoms with E-state index >= 15 is 0 Å². The third-order valence-electron chi connectivity index (χ3n) is 7.81. The number of anilines is 1. The van der Waals surface area contributed by atoms with Gasteiger partial charge in [-0.2, -0.15) is 10.2 Å². The Hall–Kier alpha value is -2.33. The van der Waals surface area contributed by atoms with Gasteiger partial charge in [0.1, 0.15) is 5.82 Å². The number of likely N-dealkylation sites (tertiary alicyclic amines) is 1. The van der Waals surface area contributed by atoms with Gasteiger partial charge >= 0.3 is 0 Å². The van der Waals surface area contributed by atoms with Gasteiger partial charge in [-0.3, -0.25) is 14.5 Å². The quantitative estimate of drug-likeness (QED) is 0.565. The smallest absolute Gasteiger partial charge is 0.241 e. The second-order valence-electron chi connectivity index (χ2n) is 11.7. The second kappa shape index (κ2) is 12.5. The molecule has 2 aromatic rings. The van der Waals surface area contributed by atoms with E-state index in [1.165, 1.54) is 12.1 Å². The molecule has 0 unspecified atom stereocenters. The molecule has 4 heterocycles. The molecule has 5 rings (SSSR count). The zero-order valence-corrected chi connectivity index (χ0v) is 24.7. The Bertz CT molecular complexity index is 1180. The number of hydrogen-bond donors (Lipinski definition) is 1.